The fraction of sp³-hybridized carbons (Fsp3) is 0.905. The zero-order chi connectivity index (χ0) is 19.6. The molecule has 168 valence electrons. The molecule has 2 aliphatic heterocycles. The van der Waals surface area contributed by atoms with Crippen LogP contribution in [0.1, 0.15) is 51.4 Å². The number of likely N-dealkylation sites (tertiary alicyclic amines) is 1. The van der Waals surface area contributed by atoms with Crippen LogP contribution in [0.5, 0.6) is 0 Å². The Balaban J connectivity index is 0.00000300. The van der Waals surface area contributed by atoms with Gasteiger partial charge in [0.25, 0.3) is 0 Å². The second-order valence-corrected chi connectivity index (χ2v) is 8.38. The van der Waals surface area contributed by atoms with E-state index in [0.29, 0.717) is 17.9 Å². The van der Waals surface area contributed by atoms with E-state index in [4.69, 9.17) is 9.47 Å². The Morgan fingerprint density at radius 1 is 1.17 bits per heavy atom. The highest BCUT2D eigenvalue weighted by atomic mass is 127. The molecule has 0 aromatic rings. The number of carbonyl (C=O) groups excluding carboxylic acids is 1. The monoisotopic (exact) mass is 522 g/mol. The van der Waals surface area contributed by atoms with Crippen LogP contribution >= 0.6 is 24.0 Å². The lowest BCUT2D eigenvalue weighted by Gasteiger charge is -2.22. The average molecular weight is 522 g/mol. The molecule has 2 saturated heterocycles. The predicted octanol–water partition coefficient (Wildman–Crippen LogP) is 2.39. The third-order valence-electron chi connectivity index (χ3n) is 6.22. The number of aliphatic imine (C=N–C) groups is 1. The van der Waals surface area contributed by atoms with Gasteiger partial charge in [-0.15, -0.1) is 24.0 Å². The van der Waals surface area contributed by atoms with E-state index >= 15 is 0 Å². The van der Waals surface area contributed by atoms with Gasteiger partial charge in [0.1, 0.15) is 0 Å². The summed E-state index contributed by atoms with van der Waals surface area (Å²) in [6, 6.07) is 0.293. The van der Waals surface area contributed by atoms with Crippen molar-refractivity contribution in [2.24, 2.45) is 16.8 Å². The van der Waals surface area contributed by atoms with E-state index in [0.717, 1.165) is 90.5 Å². The first-order valence-electron chi connectivity index (χ1n) is 11.2. The van der Waals surface area contributed by atoms with Crippen molar-refractivity contribution in [1.82, 2.24) is 15.5 Å². The third-order valence-corrected chi connectivity index (χ3v) is 6.22. The van der Waals surface area contributed by atoms with Crippen molar-refractivity contribution in [2.45, 2.75) is 57.4 Å². The number of hydrogen-bond donors (Lipinski definition) is 2. The number of carbonyl (C=O) groups is 1. The number of rotatable bonds is 8. The summed E-state index contributed by atoms with van der Waals surface area (Å²) in [6.45, 7) is 5.88. The third kappa shape index (κ3) is 8.20. The van der Waals surface area contributed by atoms with Crippen molar-refractivity contribution < 1.29 is 14.3 Å². The quantitative estimate of drug-likeness (QED) is 0.222. The summed E-state index contributed by atoms with van der Waals surface area (Å²) in [5, 5.41) is 6.84. The molecule has 8 heteroatoms. The van der Waals surface area contributed by atoms with E-state index < -0.39 is 0 Å². The number of amides is 1. The lowest BCUT2D eigenvalue weighted by Crippen LogP contribution is -2.45. The maximum atomic E-state index is 12.6. The van der Waals surface area contributed by atoms with Gasteiger partial charge in [0, 0.05) is 65.1 Å². The van der Waals surface area contributed by atoms with E-state index in [1.54, 1.807) is 7.05 Å². The molecule has 3 aliphatic rings. The molecule has 7 nitrogen and oxygen atoms in total. The minimum Gasteiger partial charge on any atom is -0.381 e. The van der Waals surface area contributed by atoms with Crippen LogP contribution in [0.15, 0.2) is 4.99 Å². The van der Waals surface area contributed by atoms with Gasteiger partial charge in [-0.3, -0.25) is 9.79 Å². The minimum absolute atomic E-state index is 0. The molecule has 2 N–H and O–H groups in total. The summed E-state index contributed by atoms with van der Waals surface area (Å²) in [5.74, 6) is 2.13. The van der Waals surface area contributed by atoms with Crippen LogP contribution in [0.25, 0.3) is 0 Å². The number of hydrogen-bond acceptors (Lipinski definition) is 4. The predicted molar refractivity (Wildman–Crippen MR) is 126 cm³/mol. The molecule has 1 amide bonds. The van der Waals surface area contributed by atoms with Crippen LogP contribution in [0.4, 0.5) is 0 Å². The fourth-order valence-electron chi connectivity index (χ4n) is 4.44. The van der Waals surface area contributed by atoms with Gasteiger partial charge >= 0.3 is 0 Å². The topological polar surface area (TPSA) is 75.2 Å². The molecule has 0 aromatic carbocycles. The molecule has 3 rings (SSSR count). The maximum absolute atomic E-state index is 12.6. The second-order valence-electron chi connectivity index (χ2n) is 8.38. The zero-order valence-corrected chi connectivity index (χ0v) is 20.2. The summed E-state index contributed by atoms with van der Waals surface area (Å²) in [4.78, 5) is 18.9. The Labute approximate surface area is 192 Å². The van der Waals surface area contributed by atoms with Gasteiger partial charge in [-0.1, -0.05) is 12.8 Å². The van der Waals surface area contributed by atoms with Crippen LogP contribution in [0.2, 0.25) is 0 Å². The fourth-order valence-corrected chi connectivity index (χ4v) is 4.44. The molecule has 0 bridgehead atoms. The highest BCUT2D eigenvalue weighted by molar-refractivity contribution is 14.0. The van der Waals surface area contributed by atoms with Crippen LogP contribution in [0.3, 0.4) is 0 Å². The van der Waals surface area contributed by atoms with Crippen molar-refractivity contribution in [3.8, 4) is 0 Å². The Bertz CT molecular complexity index is 508. The SMILES string of the molecule is CN=C(NCCCOCC1CCOCC1)NC1CCN(C(=O)C2CCCC2)C1.I. The molecule has 1 saturated carbocycles. The van der Waals surface area contributed by atoms with Gasteiger partial charge in [0.05, 0.1) is 0 Å². The summed E-state index contributed by atoms with van der Waals surface area (Å²) < 4.78 is 11.2. The van der Waals surface area contributed by atoms with Crippen LogP contribution in [-0.4, -0.2) is 75.9 Å². The number of nitrogens with zero attached hydrogens (tertiary/aromatic N) is 2. The van der Waals surface area contributed by atoms with Gasteiger partial charge in [0.2, 0.25) is 5.91 Å². The number of guanidine groups is 1. The first kappa shape index (κ1) is 24.7. The molecule has 2 heterocycles. The summed E-state index contributed by atoms with van der Waals surface area (Å²) in [6.07, 6.45) is 8.77. The van der Waals surface area contributed by atoms with E-state index in [1.165, 1.54) is 12.8 Å². The number of ether oxygens (including phenoxy) is 2. The summed E-state index contributed by atoms with van der Waals surface area (Å²) in [7, 11) is 1.80. The smallest absolute Gasteiger partial charge is 0.225 e. The van der Waals surface area contributed by atoms with Crippen molar-refractivity contribution in [3.63, 3.8) is 0 Å². The largest absolute Gasteiger partial charge is 0.381 e. The summed E-state index contributed by atoms with van der Waals surface area (Å²) in [5.41, 5.74) is 0. The van der Waals surface area contributed by atoms with Gasteiger partial charge in [-0.2, -0.15) is 0 Å². The molecular formula is C21H39IN4O3. The van der Waals surface area contributed by atoms with E-state index in [2.05, 4.69) is 15.6 Å². The van der Waals surface area contributed by atoms with E-state index in [9.17, 15) is 4.79 Å². The lowest BCUT2D eigenvalue weighted by molar-refractivity contribution is -0.134. The lowest BCUT2D eigenvalue weighted by atomic mass is 10.0. The average Bonchev–Trinajstić information content (AvgIpc) is 3.42. The number of nitrogens with one attached hydrogen (secondary N) is 2. The Morgan fingerprint density at radius 2 is 1.93 bits per heavy atom. The molecule has 0 aromatic heterocycles. The standard InChI is InChI=1S/C21H38N4O3.HI/c1-22-21(23-10-4-12-28-16-17-8-13-27-14-9-17)24-19-7-11-25(15-19)20(26)18-5-2-3-6-18;/h17-19H,2-16H2,1H3,(H2,22,23,24);1H. The van der Waals surface area contributed by atoms with Gasteiger partial charge in [-0.05, 0) is 44.4 Å². The van der Waals surface area contributed by atoms with Gasteiger partial charge in [0.15, 0.2) is 5.96 Å². The van der Waals surface area contributed by atoms with Crippen LogP contribution in [0, 0.1) is 11.8 Å². The summed E-state index contributed by atoms with van der Waals surface area (Å²) >= 11 is 0. The van der Waals surface area contributed by atoms with Crippen molar-refractivity contribution >= 4 is 35.8 Å². The molecule has 0 radical (unpaired) electrons. The molecule has 1 unspecified atom stereocenters. The van der Waals surface area contributed by atoms with E-state index in [-0.39, 0.29) is 29.9 Å². The normalized spacial score (nSPS) is 23.8. The molecule has 1 atom stereocenters. The highest BCUT2D eigenvalue weighted by Gasteiger charge is 2.32. The highest BCUT2D eigenvalue weighted by Crippen LogP contribution is 2.27. The zero-order valence-electron chi connectivity index (χ0n) is 17.9. The van der Waals surface area contributed by atoms with Gasteiger partial charge < -0.3 is 25.0 Å². The van der Waals surface area contributed by atoms with Crippen LogP contribution in [-0.2, 0) is 14.3 Å². The van der Waals surface area contributed by atoms with E-state index in [1.807, 2.05) is 4.90 Å². The van der Waals surface area contributed by atoms with Gasteiger partial charge in [-0.25, -0.2) is 0 Å². The van der Waals surface area contributed by atoms with Crippen molar-refractivity contribution in [3.05, 3.63) is 0 Å². The van der Waals surface area contributed by atoms with Crippen molar-refractivity contribution in [2.75, 3.05) is 53.1 Å². The molecule has 29 heavy (non-hydrogen) atoms. The maximum Gasteiger partial charge on any atom is 0.225 e. The second kappa shape index (κ2) is 13.6. The molecule has 1 aliphatic carbocycles. The Morgan fingerprint density at radius 3 is 2.66 bits per heavy atom. The first-order chi connectivity index (χ1) is 13.8. The first-order valence-corrected chi connectivity index (χ1v) is 11.2. The molecule has 3 fully saturated rings. The van der Waals surface area contributed by atoms with Crippen LogP contribution < -0.4 is 10.6 Å². The molecular weight excluding hydrogens is 483 g/mol. The Hall–Kier alpha value is -0.610. The number of halogens is 1. The molecule has 0 spiro atoms. The Kier molecular flexibility index (Phi) is 11.6. The van der Waals surface area contributed by atoms with Crippen molar-refractivity contribution in [1.29, 1.82) is 0 Å². The minimum atomic E-state index is 0.